The molecule has 1 saturated heterocycles. The van der Waals surface area contributed by atoms with Crippen LogP contribution in [-0.4, -0.2) is 47.6 Å². The molecule has 2 amide bonds. The van der Waals surface area contributed by atoms with E-state index in [4.69, 9.17) is 0 Å². The summed E-state index contributed by atoms with van der Waals surface area (Å²) in [6, 6.07) is 7.81. The van der Waals surface area contributed by atoms with E-state index in [-0.39, 0.29) is 12.6 Å². The topological polar surface area (TPSA) is 60.9 Å². The van der Waals surface area contributed by atoms with Crippen LogP contribution in [-0.2, 0) is 16.0 Å². The van der Waals surface area contributed by atoms with Gasteiger partial charge >= 0.3 is 11.8 Å². The van der Waals surface area contributed by atoms with E-state index in [9.17, 15) is 14.7 Å². The number of fused-ring (bicyclic) bond motifs is 1. The zero-order chi connectivity index (χ0) is 16.2. The lowest BCUT2D eigenvalue weighted by atomic mass is 9.98. The summed E-state index contributed by atoms with van der Waals surface area (Å²) in [5.74, 6) is -0.846. The van der Waals surface area contributed by atoms with Crippen molar-refractivity contribution in [2.75, 3.05) is 24.6 Å². The number of aryl methyl sites for hydroxylation is 1. The van der Waals surface area contributed by atoms with Crippen molar-refractivity contribution in [2.24, 2.45) is 0 Å². The van der Waals surface area contributed by atoms with Crippen molar-refractivity contribution >= 4 is 17.5 Å². The lowest BCUT2D eigenvalue weighted by Crippen LogP contribution is -2.52. The van der Waals surface area contributed by atoms with Gasteiger partial charge in [0.05, 0.1) is 0 Å². The van der Waals surface area contributed by atoms with Crippen molar-refractivity contribution in [3.63, 3.8) is 0 Å². The minimum atomic E-state index is -0.429. The summed E-state index contributed by atoms with van der Waals surface area (Å²) >= 11 is 0. The number of anilines is 1. The molecule has 0 bridgehead atoms. The number of likely N-dealkylation sites (tertiary alicyclic amines) is 1. The molecular formula is C18H24N2O3. The lowest BCUT2D eigenvalue weighted by molar-refractivity contribution is -0.147. The van der Waals surface area contributed by atoms with Gasteiger partial charge in [-0.3, -0.25) is 9.59 Å². The monoisotopic (exact) mass is 316 g/mol. The summed E-state index contributed by atoms with van der Waals surface area (Å²) < 4.78 is 0. The number of benzene rings is 1. The van der Waals surface area contributed by atoms with Gasteiger partial charge < -0.3 is 14.9 Å². The number of aliphatic hydroxyl groups excluding tert-OH is 1. The Balaban J connectivity index is 1.78. The van der Waals surface area contributed by atoms with Crippen molar-refractivity contribution in [2.45, 2.75) is 44.6 Å². The molecule has 1 unspecified atom stereocenters. The van der Waals surface area contributed by atoms with Crippen molar-refractivity contribution in [3.05, 3.63) is 29.8 Å². The molecule has 0 saturated carbocycles. The van der Waals surface area contributed by atoms with Crippen molar-refractivity contribution < 1.29 is 14.7 Å². The van der Waals surface area contributed by atoms with Gasteiger partial charge in [-0.25, -0.2) is 0 Å². The Kier molecular flexibility index (Phi) is 4.96. The van der Waals surface area contributed by atoms with E-state index >= 15 is 0 Å². The van der Waals surface area contributed by atoms with Crippen LogP contribution in [0, 0.1) is 0 Å². The second-order valence-corrected chi connectivity index (χ2v) is 6.35. The standard InChI is InChI=1S/C18H24N2O3/c21-13-10-15-8-3-4-11-19(15)17(22)18(23)20-12-5-7-14-6-1-2-9-16(14)20/h1-2,6,9,15,21H,3-5,7-8,10-13H2. The zero-order valence-corrected chi connectivity index (χ0v) is 13.4. The Morgan fingerprint density at radius 2 is 1.91 bits per heavy atom. The van der Waals surface area contributed by atoms with Gasteiger partial charge in [0.1, 0.15) is 0 Å². The van der Waals surface area contributed by atoms with Gasteiger partial charge in [-0.15, -0.1) is 0 Å². The van der Waals surface area contributed by atoms with E-state index in [0.29, 0.717) is 19.5 Å². The van der Waals surface area contributed by atoms with Crippen LogP contribution in [0.25, 0.3) is 0 Å². The van der Waals surface area contributed by atoms with Crippen LogP contribution < -0.4 is 4.90 Å². The molecule has 0 radical (unpaired) electrons. The van der Waals surface area contributed by atoms with E-state index in [1.807, 2.05) is 24.3 Å². The molecule has 5 heteroatoms. The highest BCUT2D eigenvalue weighted by Crippen LogP contribution is 2.28. The molecule has 1 aromatic carbocycles. The van der Waals surface area contributed by atoms with Gasteiger partial charge in [0.15, 0.2) is 0 Å². The van der Waals surface area contributed by atoms with Crippen LogP contribution >= 0.6 is 0 Å². The fraction of sp³-hybridized carbons (Fsp3) is 0.556. The van der Waals surface area contributed by atoms with Crippen molar-refractivity contribution in [1.29, 1.82) is 0 Å². The molecule has 1 atom stereocenters. The molecule has 0 aromatic heterocycles. The Labute approximate surface area is 136 Å². The van der Waals surface area contributed by atoms with E-state index in [1.54, 1.807) is 9.80 Å². The Morgan fingerprint density at radius 1 is 1.09 bits per heavy atom. The van der Waals surface area contributed by atoms with Crippen LogP contribution in [0.1, 0.15) is 37.7 Å². The zero-order valence-electron chi connectivity index (χ0n) is 13.4. The minimum absolute atomic E-state index is 0.00904. The molecule has 2 aliphatic heterocycles. The first kappa shape index (κ1) is 16.0. The lowest BCUT2D eigenvalue weighted by Gasteiger charge is -2.37. The predicted octanol–water partition coefficient (Wildman–Crippen LogP) is 1.73. The van der Waals surface area contributed by atoms with Gasteiger partial charge in [-0.2, -0.15) is 0 Å². The summed E-state index contributed by atoms with van der Waals surface area (Å²) in [5.41, 5.74) is 2.00. The van der Waals surface area contributed by atoms with E-state index in [1.165, 1.54) is 0 Å². The SMILES string of the molecule is O=C(C(=O)N1CCCCC1CCO)N1CCCc2ccccc21. The van der Waals surface area contributed by atoms with Crippen LogP contribution in [0.5, 0.6) is 0 Å². The molecule has 23 heavy (non-hydrogen) atoms. The maximum absolute atomic E-state index is 12.8. The van der Waals surface area contributed by atoms with Crippen LogP contribution in [0.3, 0.4) is 0 Å². The van der Waals surface area contributed by atoms with E-state index in [0.717, 1.165) is 43.4 Å². The van der Waals surface area contributed by atoms with Crippen LogP contribution in [0.2, 0.25) is 0 Å². The molecule has 2 heterocycles. The quantitative estimate of drug-likeness (QED) is 0.845. The van der Waals surface area contributed by atoms with Gasteiger partial charge in [0.2, 0.25) is 0 Å². The number of aliphatic hydroxyl groups is 1. The molecule has 0 spiro atoms. The third kappa shape index (κ3) is 3.24. The summed E-state index contributed by atoms with van der Waals surface area (Å²) in [7, 11) is 0. The normalized spacial score (nSPS) is 21.0. The number of carbonyl (C=O) groups is 2. The molecule has 2 aliphatic rings. The molecule has 1 fully saturated rings. The Hall–Kier alpha value is -1.88. The number of amides is 2. The Morgan fingerprint density at radius 3 is 2.74 bits per heavy atom. The summed E-state index contributed by atoms with van der Waals surface area (Å²) in [6.07, 6.45) is 5.24. The number of hydrogen-bond donors (Lipinski definition) is 1. The number of rotatable bonds is 2. The van der Waals surface area contributed by atoms with E-state index in [2.05, 4.69) is 0 Å². The molecule has 124 valence electrons. The van der Waals surface area contributed by atoms with Crippen LogP contribution in [0.15, 0.2) is 24.3 Å². The van der Waals surface area contributed by atoms with Crippen molar-refractivity contribution in [1.82, 2.24) is 4.90 Å². The highest BCUT2D eigenvalue weighted by atomic mass is 16.3. The molecule has 1 N–H and O–H groups in total. The first-order chi connectivity index (χ1) is 11.2. The molecule has 0 aliphatic carbocycles. The summed E-state index contributed by atoms with van der Waals surface area (Å²) in [4.78, 5) is 28.8. The highest BCUT2D eigenvalue weighted by molar-refractivity contribution is 6.40. The minimum Gasteiger partial charge on any atom is -0.396 e. The first-order valence-electron chi connectivity index (χ1n) is 8.53. The molecular weight excluding hydrogens is 292 g/mol. The second-order valence-electron chi connectivity index (χ2n) is 6.35. The first-order valence-corrected chi connectivity index (χ1v) is 8.53. The second kappa shape index (κ2) is 7.13. The number of hydrogen-bond acceptors (Lipinski definition) is 3. The number of nitrogens with zero attached hydrogens (tertiary/aromatic N) is 2. The van der Waals surface area contributed by atoms with Crippen LogP contribution in [0.4, 0.5) is 5.69 Å². The van der Waals surface area contributed by atoms with Gasteiger partial charge in [0, 0.05) is 31.4 Å². The maximum atomic E-state index is 12.8. The fourth-order valence-corrected chi connectivity index (χ4v) is 3.70. The number of para-hydroxylation sites is 1. The largest absolute Gasteiger partial charge is 0.396 e. The van der Waals surface area contributed by atoms with Gasteiger partial charge in [-0.1, -0.05) is 18.2 Å². The number of piperidine rings is 1. The highest BCUT2D eigenvalue weighted by Gasteiger charge is 2.34. The molecule has 5 nitrogen and oxygen atoms in total. The predicted molar refractivity (Wildman–Crippen MR) is 88.2 cm³/mol. The van der Waals surface area contributed by atoms with Gasteiger partial charge in [0.25, 0.3) is 0 Å². The summed E-state index contributed by atoms with van der Waals surface area (Å²) in [5, 5.41) is 9.20. The average Bonchev–Trinajstić information content (AvgIpc) is 2.61. The molecule has 1 aromatic rings. The average molecular weight is 316 g/mol. The fourth-order valence-electron chi connectivity index (χ4n) is 3.70. The van der Waals surface area contributed by atoms with Crippen molar-refractivity contribution in [3.8, 4) is 0 Å². The Bertz CT molecular complexity index is 585. The molecule has 3 rings (SSSR count). The number of carbonyl (C=O) groups excluding carboxylic acids is 2. The van der Waals surface area contributed by atoms with Gasteiger partial charge in [-0.05, 0) is 50.2 Å². The van der Waals surface area contributed by atoms with E-state index < -0.39 is 11.8 Å². The third-order valence-electron chi connectivity index (χ3n) is 4.89. The maximum Gasteiger partial charge on any atom is 0.316 e. The summed E-state index contributed by atoms with van der Waals surface area (Å²) in [6.45, 7) is 1.26. The smallest absolute Gasteiger partial charge is 0.316 e. The third-order valence-corrected chi connectivity index (χ3v) is 4.89.